The van der Waals surface area contributed by atoms with Gasteiger partial charge in [-0.2, -0.15) is 0 Å². The Bertz CT molecular complexity index is 820. The molecule has 28 heavy (non-hydrogen) atoms. The zero-order valence-electron chi connectivity index (χ0n) is 16.3. The summed E-state index contributed by atoms with van der Waals surface area (Å²) in [6, 6.07) is 11.7. The number of carbonyl (C=O) groups is 2. The number of esters is 1. The van der Waals surface area contributed by atoms with Crippen molar-refractivity contribution in [3.05, 3.63) is 58.1 Å². The fourth-order valence-corrected chi connectivity index (χ4v) is 3.16. The van der Waals surface area contributed by atoms with Crippen molar-refractivity contribution in [2.24, 2.45) is 0 Å². The summed E-state index contributed by atoms with van der Waals surface area (Å²) in [7, 11) is 3.13. The lowest BCUT2D eigenvalue weighted by Gasteiger charge is -2.20. The van der Waals surface area contributed by atoms with Gasteiger partial charge in [-0.05, 0) is 65.7 Å². The van der Waals surface area contributed by atoms with Crippen LogP contribution in [0.3, 0.4) is 0 Å². The molecular weight excluding hydrogens is 426 g/mol. The number of ether oxygens (including phenoxy) is 3. The van der Waals surface area contributed by atoms with Crippen LogP contribution in [0.25, 0.3) is 0 Å². The molecule has 1 amide bonds. The van der Waals surface area contributed by atoms with Crippen LogP contribution in [0.4, 0.5) is 0 Å². The summed E-state index contributed by atoms with van der Waals surface area (Å²) in [5.74, 6) is 0.634. The van der Waals surface area contributed by atoms with Gasteiger partial charge in [0, 0.05) is 5.56 Å². The average Bonchev–Trinajstić information content (AvgIpc) is 2.66. The molecule has 2 aromatic rings. The lowest BCUT2D eigenvalue weighted by molar-refractivity contribution is -0.147. The molecule has 1 atom stereocenters. The maximum Gasteiger partial charge on any atom is 0.308 e. The highest BCUT2D eigenvalue weighted by atomic mass is 79.9. The molecule has 0 radical (unpaired) electrons. The molecule has 6 nitrogen and oxygen atoms in total. The first kappa shape index (κ1) is 21.8. The Hall–Kier alpha value is -2.54. The first-order valence-electron chi connectivity index (χ1n) is 8.82. The monoisotopic (exact) mass is 449 g/mol. The van der Waals surface area contributed by atoms with Gasteiger partial charge in [-0.15, -0.1) is 0 Å². The second-order valence-corrected chi connectivity index (χ2v) is 7.25. The third-order valence-electron chi connectivity index (χ3n) is 3.98. The van der Waals surface area contributed by atoms with Crippen LogP contribution >= 0.6 is 15.9 Å². The Morgan fingerprint density at radius 2 is 1.71 bits per heavy atom. The third-order valence-corrected chi connectivity index (χ3v) is 4.60. The molecule has 0 aliphatic rings. The molecule has 0 fully saturated rings. The van der Waals surface area contributed by atoms with Crippen molar-refractivity contribution in [2.45, 2.75) is 32.4 Å². The molecule has 2 aromatic carbocycles. The molecule has 0 bridgehead atoms. The largest absolute Gasteiger partial charge is 0.497 e. The summed E-state index contributed by atoms with van der Waals surface area (Å²) in [4.78, 5) is 25.0. The first-order chi connectivity index (χ1) is 13.3. The average molecular weight is 450 g/mol. The minimum absolute atomic E-state index is 0.0214. The quantitative estimate of drug-likeness (QED) is 0.608. The highest BCUT2D eigenvalue weighted by Crippen LogP contribution is 2.26. The molecule has 0 aromatic heterocycles. The zero-order chi connectivity index (χ0) is 20.7. The number of nitrogens with one attached hydrogen (secondary N) is 1. The molecule has 0 spiro atoms. The van der Waals surface area contributed by atoms with E-state index in [-0.39, 0.29) is 24.4 Å². The van der Waals surface area contributed by atoms with Gasteiger partial charge in [-0.25, -0.2) is 0 Å². The van der Waals surface area contributed by atoms with Gasteiger partial charge >= 0.3 is 5.97 Å². The third kappa shape index (κ3) is 5.99. The van der Waals surface area contributed by atoms with Gasteiger partial charge in [0.25, 0.3) is 5.91 Å². The van der Waals surface area contributed by atoms with Crippen molar-refractivity contribution in [1.82, 2.24) is 5.32 Å². The van der Waals surface area contributed by atoms with Crippen LogP contribution in [0.2, 0.25) is 0 Å². The number of amides is 1. The van der Waals surface area contributed by atoms with Crippen molar-refractivity contribution in [3.8, 4) is 11.5 Å². The van der Waals surface area contributed by atoms with Gasteiger partial charge in [0.1, 0.15) is 11.5 Å². The highest BCUT2D eigenvalue weighted by Gasteiger charge is 2.21. The van der Waals surface area contributed by atoms with E-state index in [4.69, 9.17) is 14.2 Å². The van der Waals surface area contributed by atoms with Crippen LogP contribution in [-0.2, 0) is 9.53 Å². The lowest BCUT2D eigenvalue weighted by Crippen LogP contribution is -2.31. The van der Waals surface area contributed by atoms with E-state index in [9.17, 15) is 9.59 Å². The van der Waals surface area contributed by atoms with Gasteiger partial charge in [-0.3, -0.25) is 9.59 Å². The standard InChI is InChI=1S/C21H24BrNO5/c1-13(2)28-20(24)12-18(14-5-8-16(26-3)9-6-14)23-21(25)15-7-10-19(27-4)17(22)11-15/h5-11,13,18H,12H2,1-4H3,(H,23,25). The number of benzene rings is 2. The molecule has 2 rings (SSSR count). The molecule has 7 heteroatoms. The summed E-state index contributed by atoms with van der Waals surface area (Å²) in [6.45, 7) is 3.57. The van der Waals surface area contributed by atoms with E-state index in [1.165, 1.54) is 0 Å². The second kappa shape index (κ2) is 10.1. The van der Waals surface area contributed by atoms with Crippen molar-refractivity contribution >= 4 is 27.8 Å². The summed E-state index contributed by atoms with van der Waals surface area (Å²) in [5, 5.41) is 2.91. The van der Waals surface area contributed by atoms with E-state index < -0.39 is 6.04 Å². The molecule has 0 saturated heterocycles. The van der Waals surface area contributed by atoms with Crippen molar-refractivity contribution in [3.63, 3.8) is 0 Å². The van der Waals surface area contributed by atoms with Crippen LogP contribution in [0.15, 0.2) is 46.9 Å². The number of hydrogen-bond acceptors (Lipinski definition) is 5. The molecule has 0 aliphatic heterocycles. The Kier molecular flexibility index (Phi) is 7.87. The topological polar surface area (TPSA) is 73.9 Å². The predicted octanol–water partition coefficient (Wildman–Crippen LogP) is 4.28. The van der Waals surface area contributed by atoms with E-state index in [0.29, 0.717) is 21.5 Å². The summed E-state index contributed by atoms with van der Waals surface area (Å²) in [5.41, 5.74) is 1.23. The maximum absolute atomic E-state index is 12.8. The molecule has 1 N–H and O–H groups in total. The minimum atomic E-state index is -0.537. The molecule has 150 valence electrons. The van der Waals surface area contributed by atoms with Crippen LogP contribution in [0.5, 0.6) is 11.5 Å². The Morgan fingerprint density at radius 1 is 1.04 bits per heavy atom. The van der Waals surface area contributed by atoms with Crippen molar-refractivity contribution in [2.75, 3.05) is 14.2 Å². The number of carbonyl (C=O) groups excluding carboxylic acids is 2. The zero-order valence-corrected chi connectivity index (χ0v) is 17.9. The van der Waals surface area contributed by atoms with Gasteiger partial charge < -0.3 is 19.5 Å². The maximum atomic E-state index is 12.8. The lowest BCUT2D eigenvalue weighted by atomic mass is 10.0. The Balaban J connectivity index is 2.23. The van der Waals surface area contributed by atoms with Crippen LogP contribution in [0.1, 0.15) is 42.2 Å². The van der Waals surface area contributed by atoms with Gasteiger partial charge in [-0.1, -0.05) is 12.1 Å². The van der Waals surface area contributed by atoms with Gasteiger partial charge in [0.2, 0.25) is 0 Å². The normalized spacial score (nSPS) is 11.6. The Labute approximate surface area is 173 Å². The summed E-state index contributed by atoms with van der Waals surface area (Å²) < 4.78 is 16.3. The van der Waals surface area contributed by atoms with Gasteiger partial charge in [0.15, 0.2) is 0 Å². The minimum Gasteiger partial charge on any atom is -0.497 e. The molecular formula is C21H24BrNO5. The number of halogens is 1. The van der Waals surface area contributed by atoms with E-state index in [1.807, 2.05) is 12.1 Å². The van der Waals surface area contributed by atoms with E-state index >= 15 is 0 Å². The molecule has 1 unspecified atom stereocenters. The fourth-order valence-electron chi connectivity index (χ4n) is 2.62. The predicted molar refractivity (Wildman–Crippen MR) is 110 cm³/mol. The molecule has 0 heterocycles. The molecule has 0 aliphatic carbocycles. The Morgan fingerprint density at radius 3 is 2.25 bits per heavy atom. The van der Waals surface area contributed by atoms with Gasteiger partial charge in [0.05, 0.1) is 37.3 Å². The first-order valence-corrected chi connectivity index (χ1v) is 9.61. The summed E-state index contributed by atoms with van der Waals surface area (Å²) >= 11 is 3.38. The molecule has 0 saturated carbocycles. The SMILES string of the molecule is COc1ccc(C(CC(=O)OC(C)C)NC(=O)c2ccc(OC)c(Br)c2)cc1. The number of methoxy groups -OCH3 is 2. The van der Waals surface area contributed by atoms with E-state index in [1.54, 1.807) is 58.4 Å². The summed E-state index contributed by atoms with van der Waals surface area (Å²) in [6.07, 6.45) is -0.203. The van der Waals surface area contributed by atoms with E-state index in [2.05, 4.69) is 21.2 Å². The number of hydrogen-bond donors (Lipinski definition) is 1. The smallest absolute Gasteiger partial charge is 0.308 e. The van der Waals surface area contributed by atoms with E-state index in [0.717, 1.165) is 5.56 Å². The fraction of sp³-hybridized carbons (Fsp3) is 0.333. The van der Waals surface area contributed by atoms with Crippen LogP contribution < -0.4 is 14.8 Å². The number of rotatable bonds is 8. The second-order valence-electron chi connectivity index (χ2n) is 6.39. The van der Waals surface area contributed by atoms with Crippen molar-refractivity contribution in [1.29, 1.82) is 0 Å². The highest BCUT2D eigenvalue weighted by molar-refractivity contribution is 9.10. The van der Waals surface area contributed by atoms with Crippen molar-refractivity contribution < 1.29 is 23.8 Å². The van der Waals surface area contributed by atoms with Crippen LogP contribution in [-0.4, -0.2) is 32.2 Å². The van der Waals surface area contributed by atoms with Crippen LogP contribution in [0, 0.1) is 0 Å².